The highest BCUT2D eigenvalue weighted by Gasteiger charge is 2.16. The Morgan fingerprint density at radius 2 is 2.13 bits per heavy atom. The van der Waals surface area contributed by atoms with Crippen LogP contribution in [0.4, 0.5) is 5.88 Å². The van der Waals surface area contributed by atoms with Gasteiger partial charge in [0.25, 0.3) is 5.89 Å². The number of hydrogen-bond acceptors (Lipinski definition) is 6. The second kappa shape index (κ2) is 6.28. The summed E-state index contributed by atoms with van der Waals surface area (Å²) in [4.78, 5) is 4.09. The molecule has 3 aromatic rings. The van der Waals surface area contributed by atoms with Gasteiger partial charge in [0.2, 0.25) is 11.6 Å². The molecule has 3 rings (SSSR count). The number of benzene rings is 1. The summed E-state index contributed by atoms with van der Waals surface area (Å²) >= 11 is 0. The van der Waals surface area contributed by atoms with Gasteiger partial charge in [-0.1, -0.05) is 12.1 Å². The molecule has 116 valence electrons. The second-order valence-corrected chi connectivity index (χ2v) is 4.93. The number of nitrogens with one attached hydrogen (secondary N) is 1. The van der Waals surface area contributed by atoms with Gasteiger partial charge in [0.1, 0.15) is 24.2 Å². The summed E-state index contributed by atoms with van der Waals surface area (Å²) in [5, 5.41) is 11.8. The van der Waals surface area contributed by atoms with Crippen molar-refractivity contribution in [1.82, 2.24) is 4.98 Å². The zero-order valence-corrected chi connectivity index (χ0v) is 12.8. The summed E-state index contributed by atoms with van der Waals surface area (Å²) in [6, 6.07) is 13.3. The highest BCUT2D eigenvalue weighted by molar-refractivity contribution is 5.54. The molecule has 0 fully saturated rings. The first-order valence-electron chi connectivity index (χ1n) is 7.07. The summed E-state index contributed by atoms with van der Waals surface area (Å²) in [6.07, 6.45) is 0. The molecule has 6 nitrogen and oxygen atoms in total. The molecule has 0 aliphatic rings. The van der Waals surface area contributed by atoms with Crippen LogP contribution in [-0.2, 0) is 6.61 Å². The zero-order chi connectivity index (χ0) is 16.2. The predicted molar refractivity (Wildman–Crippen MR) is 84.0 cm³/mol. The summed E-state index contributed by atoms with van der Waals surface area (Å²) in [7, 11) is 1.66. The molecule has 0 spiro atoms. The monoisotopic (exact) mass is 309 g/mol. The molecule has 0 saturated heterocycles. The van der Waals surface area contributed by atoms with Crippen LogP contribution in [0.25, 0.3) is 11.7 Å². The molecule has 1 N–H and O–H groups in total. The minimum Gasteiger partial charge on any atom is -0.486 e. The van der Waals surface area contributed by atoms with E-state index in [9.17, 15) is 0 Å². The average Bonchev–Trinajstić information content (AvgIpc) is 3.19. The molecule has 0 saturated carbocycles. The van der Waals surface area contributed by atoms with Gasteiger partial charge in [-0.05, 0) is 36.8 Å². The Kier molecular flexibility index (Phi) is 4.02. The number of ether oxygens (including phenoxy) is 1. The Morgan fingerprint density at radius 3 is 2.83 bits per heavy atom. The fraction of sp³-hybridized carbons (Fsp3) is 0.176. The van der Waals surface area contributed by atoms with E-state index in [1.807, 2.05) is 37.3 Å². The van der Waals surface area contributed by atoms with E-state index < -0.39 is 0 Å². The lowest BCUT2D eigenvalue weighted by molar-refractivity contribution is 0.271. The summed E-state index contributed by atoms with van der Waals surface area (Å²) in [5.74, 6) is 2.45. The van der Waals surface area contributed by atoms with Crippen molar-refractivity contribution >= 4 is 5.88 Å². The number of aromatic nitrogens is 1. The van der Waals surface area contributed by atoms with Gasteiger partial charge in [0, 0.05) is 7.05 Å². The number of anilines is 1. The van der Waals surface area contributed by atoms with Crippen molar-refractivity contribution in [2.45, 2.75) is 13.5 Å². The van der Waals surface area contributed by atoms with Crippen molar-refractivity contribution in [2.75, 3.05) is 12.4 Å². The molecule has 0 unspecified atom stereocenters. The van der Waals surface area contributed by atoms with Crippen LogP contribution in [-0.4, -0.2) is 12.0 Å². The van der Waals surface area contributed by atoms with Crippen molar-refractivity contribution in [3.8, 4) is 23.5 Å². The smallest absolute Gasteiger partial charge is 0.266 e. The van der Waals surface area contributed by atoms with Gasteiger partial charge in [-0.15, -0.1) is 0 Å². The maximum atomic E-state index is 8.98. The zero-order valence-electron chi connectivity index (χ0n) is 12.8. The van der Waals surface area contributed by atoms with Crippen LogP contribution in [0.3, 0.4) is 0 Å². The molecule has 1 aromatic carbocycles. The normalized spacial score (nSPS) is 10.3. The van der Waals surface area contributed by atoms with Gasteiger partial charge >= 0.3 is 0 Å². The highest BCUT2D eigenvalue weighted by atomic mass is 16.5. The maximum absolute atomic E-state index is 8.98. The number of aryl methyl sites for hydroxylation is 1. The van der Waals surface area contributed by atoms with Crippen molar-refractivity contribution in [2.24, 2.45) is 0 Å². The van der Waals surface area contributed by atoms with E-state index >= 15 is 0 Å². The summed E-state index contributed by atoms with van der Waals surface area (Å²) in [5.41, 5.74) is 1.32. The van der Waals surface area contributed by atoms with Crippen molar-refractivity contribution < 1.29 is 13.6 Å². The van der Waals surface area contributed by atoms with E-state index in [2.05, 4.69) is 10.3 Å². The van der Waals surface area contributed by atoms with Crippen LogP contribution in [0.1, 0.15) is 17.0 Å². The van der Waals surface area contributed by atoms with Gasteiger partial charge in [0.15, 0.2) is 5.76 Å². The average molecular weight is 309 g/mol. The Bertz CT molecular complexity index is 858. The van der Waals surface area contributed by atoms with Gasteiger partial charge in [-0.3, -0.25) is 0 Å². The highest BCUT2D eigenvalue weighted by Crippen LogP contribution is 2.27. The van der Waals surface area contributed by atoms with Crippen LogP contribution >= 0.6 is 0 Å². The Balaban J connectivity index is 1.73. The first-order valence-corrected chi connectivity index (χ1v) is 7.07. The minimum absolute atomic E-state index is 0.191. The minimum atomic E-state index is 0.191. The number of hydrogen-bond donors (Lipinski definition) is 1. The topological polar surface area (TPSA) is 84.2 Å². The second-order valence-electron chi connectivity index (χ2n) is 4.93. The molecule has 0 radical (unpaired) electrons. The molecular weight excluding hydrogens is 294 g/mol. The van der Waals surface area contributed by atoms with E-state index in [-0.39, 0.29) is 11.6 Å². The standard InChI is InChI=1S/C17H15N3O3/c1-11-4-3-5-12(8-11)21-10-13-6-7-15(22-13)17-20-14(9-18)16(19-2)23-17/h3-8,19H,10H2,1-2H3. The van der Waals surface area contributed by atoms with E-state index in [1.54, 1.807) is 19.2 Å². The fourth-order valence-corrected chi connectivity index (χ4v) is 2.10. The van der Waals surface area contributed by atoms with Crippen LogP contribution < -0.4 is 10.1 Å². The lowest BCUT2D eigenvalue weighted by atomic mass is 10.2. The number of oxazole rings is 1. The largest absolute Gasteiger partial charge is 0.486 e. The van der Waals surface area contributed by atoms with E-state index in [4.69, 9.17) is 18.8 Å². The molecule has 6 heteroatoms. The van der Waals surface area contributed by atoms with Gasteiger partial charge in [0.05, 0.1) is 0 Å². The summed E-state index contributed by atoms with van der Waals surface area (Å²) in [6.45, 7) is 2.31. The molecular formula is C17H15N3O3. The van der Waals surface area contributed by atoms with Crippen molar-refractivity contribution in [3.63, 3.8) is 0 Å². The lowest BCUT2D eigenvalue weighted by Gasteiger charge is -2.04. The first-order chi connectivity index (χ1) is 11.2. The number of rotatable bonds is 5. The van der Waals surface area contributed by atoms with E-state index in [0.717, 1.165) is 11.3 Å². The van der Waals surface area contributed by atoms with Gasteiger partial charge in [-0.25, -0.2) is 0 Å². The maximum Gasteiger partial charge on any atom is 0.266 e. The van der Waals surface area contributed by atoms with Crippen molar-refractivity contribution in [3.05, 3.63) is 53.4 Å². The lowest BCUT2D eigenvalue weighted by Crippen LogP contribution is -1.93. The van der Waals surface area contributed by atoms with E-state index in [1.165, 1.54) is 0 Å². The third kappa shape index (κ3) is 3.19. The Hall–Kier alpha value is -3.20. The van der Waals surface area contributed by atoms with Crippen LogP contribution in [0, 0.1) is 18.3 Å². The van der Waals surface area contributed by atoms with Gasteiger partial charge in [-0.2, -0.15) is 10.2 Å². The third-order valence-corrected chi connectivity index (χ3v) is 3.20. The molecule has 2 heterocycles. The molecule has 0 amide bonds. The summed E-state index contributed by atoms with van der Waals surface area (Å²) < 4.78 is 16.8. The Morgan fingerprint density at radius 1 is 1.26 bits per heavy atom. The molecule has 0 atom stereocenters. The Labute approximate surface area is 133 Å². The predicted octanol–water partition coefficient (Wildman–Crippen LogP) is 3.74. The number of nitriles is 1. The van der Waals surface area contributed by atoms with Crippen molar-refractivity contribution in [1.29, 1.82) is 5.26 Å². The molecule has 0 aliphatic heterocycles. The van der Waals surface area contributed by atoms with Crippen LogP contribution in [0.2, 0.25) is 0 Å². The first kappa shape index (κ1) is 14.7. The SMILES string of the molecule is CNc1oc(-c2ccc(COc3cccc(C)c3)o2)nc1C#N. The quantitative estimate of drug-likeness (QED) is 0.773. The fourth-order valence-electron chi connectivity index (χ4n) is 2.10. The van der Waals surface area contributed by atoms with E-state index in [0.29, 0.717) is 24.0 Å². The third-order valence-electron chi connectivity index (χ3n) is 3.20. The van der Waals surface area contributed by atoms with Gasteiger partial charge < -0.3 is 18.9 Å². The van der Waals surface area contributed by atoms with Crippen LogP contribution in [0.5, 0.6) is 5.75 Å². The number of furan rings is 1. The van der Waals surface area contributed by atoms with Crippen LogP contribution in [0.15, 0.2) is 45.2 Å². The molecule has 23 heavy (non-hydrogen) atoms. The number of nitrogens with zero attached hydrogens (tertiary/aromatic N) is 2. The molecule has 0 aliphatic carbocycles. The molecule has 0 bridgehead atoms. The molecule has 2 aromatic heterocycles.